The SMILES string of the molecule is CC(C(=O)NC1CCCC1)N1CCN(Cc2cccc3cccnc23)CC1. The zero-order valence-electron chi connectivity index (χ0n) is 16.2. The summed E-state index contributed by atoms with van der Waals surface area (Å²) in [5.74, 6) is 0.202. The Bertz CT molecular complexity index is 773. The Morgan fingerprint density at radius 2 is 1.89 bits per heavy atom. The smallest absolute Gasteiger partial charge is 0.237 e. The largest absolute Gasteiger partial charge is 0.352 e. The molecule has 1 N–H and O–H groups in total. The van der Waals surface area contributed by atoms with Crippen molar-refractivity contribution >= 4 is 16.8 Å². The van der Waals surface area contributed by atoms with Gasteiger partial charge < -0.3 is 5.32 Å². The van der Waals surface area contributed by atoms with Gasteiger partial charge in [0.1, 0.15) is 0 Å². The van der Waals surface area contributed by atoms with Crippen LogP contribution in [0.25, 0.3) is 10.9 Å². The van der Waals surface area contributed by atoms with Crippen molar-refractivity contribution in [3.05, 3.63) is 42.1 Å². The Kier molecular flexibility index (Phi) is 5.69. The molecule has 1 saturated carbocycles. The molecular formula is C22H30N4O. The van der Waals surface area contributed by atoms with Crippen molar-refractivity contribution in [1.29, 1.82) is 0 Å². The highest BCUT2D eigenvalue weighted by Gasteiger charge is 2.27. The zero-order valence-corrected chi connectivity index (χ0v) is 16.2. The van der Waals surface area contributed by atoms with Crippen molar-refractivity contribution in [2.45, 2.75) is 51.2 Å². The van der Waals surface area contributed by atoms with Gasteiger partial charge in [0.2, 0.25) is 5.91 Å². The summed E-state index contributed by atoms with van der Waals surface area (Å²) in [6, 6.07) is 10.9. The summed E-state index contributed by atoms with van der Waals surface area (Å²) in [5.41, 5.74) is 2.39. The van der Waals surface area contributed by atoms with Crippen molar-refractivity contribution in [3.8, 4) is 0 Å². The van der Waals surface area contributed by atoms with Crippen molar-refractivity contribution in [2.24, 2.45) is 0 Å². The zero-order chi connectivity index (χ0) is 18.6. The van der Waals surface area contributed by atoms with E-state index in [0.29, 0.717) is 6.04 Å². The topological polar surface area (TPSA) is 48.5 Å². The van der Waals surface area contributed by atoms with E-state index >= 15 is 0 Å². The van der Waals surface area contributed by atoms with Crippen LogP contribution in [-0.4, -0.2) is 59.0 Å². The maximum absolute atomic E-state index is 12.5. The van der Waals surface area contributed by atoms with Gasteiger partial charge >= 0.3 is 0 Å². The Hall–Kier alpha value is -1.98. The van der Waals surface area contributed by atoms with Gasteiger partial charge in [0.25, 0.3) is 0 Å². The average molecular weight is 367 g/mol. The number of benzene rings is 1. The predicted octanol–water partition coefficient (Wildman–Crippen LogP) is 2.80. The van der Waals surface area contributed by atoms with E-state index in [1.807, 2.05) is 12.3 Å². The molecule has 27 heavy (non-hydrogen) atoms. The van der Waals surface area contributed by atoms with Gasteiger partial charge in [-0.1, -0.05) is 37.1 Å². The second kappa shape index (κ2) is 8.36. The molecule has 1 saturated heterocycles. The molecule has 2 fully saturated rings. The number of carbonyl (C=O) groups excluding carboxylic acids is 1. The molecule has 1 aliphatic carbocycles. The van der Waals surface area contributed by atoms with Gasteiger partial charge in [0.15, 0.2) is 0 Å². The fourth-order valence-electron chi connectivity index (χ4n) is 4.40. The molecule has 4 rings (SSSR count). The standard InChI is InChI=1S/C22H30N4O/c1-17(22(27)24-20-9-2-3-10-20)26-14-12-25(13-15-26)16-19-7-4-6-18-8-5-11-23-21(18)19/h4-8,11,17,20H,2-3,9-10,12-16H2,1H3,(H,24,27). The third-order valence-electron chi connectivity index (χ3n) is 6.15. The molecule has 1 aliphatic heterocycles. The number of fused-ring (bicyclic) bond motifs is 1. The summed E-state index contributed by atoms with van der Waals surface area (Å²) >= 11 is 0. The van der Waals surface area contributed by atoms with Gasteiger partial charge in [-0.2, -0.15) is 0 Å². The summed E-state index contributed by atoms with van der Waals surface area (Å²) in [7, 11) is 0. The van der Waals surface area contributed by atoms with Gasteiger partial charge in [-0.15, -0.1) is 0 Å². The van der Waals surface area contributed by atoms with Crippen LogP contribution in [-0.2, 0) is 11.3 Å². The molecule has 0 bridgehead atoms. The number of piperazine rings is 1. The second-order valence-corrected chi connectivity index (χ2v) is 7.97. The van der Waals surface area contributed by atoms with Crippen LogP contribution in [0.15, 0.2) is 36.5 Å². The molecule has 0 spiro atoms. The van der Waals surface area contributed by atoms with E-state index in [9.17, 15) is 4.79 Å². The molecule has 0 radical (unpaired) electrons. The van der Waals surface area contributed by atoms with Crippen molar-refractivity contribution < 1.29 is 4.79 Å². The van der Waals surface area contributed by atoms with Gasteiger partial charge in [-0.25, -0.2) is 0 Å². The Morgan fingerprint density at radius 3 is 2.67 bits per heavy atom. The molecule has 2 heterocycles. The average Bonchev–Trinajstić information content (AvgIpc) is 3.21. The van der Waals surface area contributed by atoms with E-state index < -0.39 is 0 Å². The van der Waals surface area contributed by atoms with Crippen molar-refractivity contribution in [3.63, 3.8) is 0 Å². The number of carbonyl (C=O) groups is 1. The van der Waals surface area contributed by atoms with E-state index in [2.05, 4.69) is 51.3 Å². The highest BCUT2D eigenvalue weighted by Crippen LogP contribution is 2.20. The normalized spacial score (nSPS) is 20.8. The van der Waals surface area contributed by atoms with Crippen LogP contribution in [0.3, 0.4) is 0 Å². The van der Waals surface area contributed by atoms with E-state index in [4.69, 9.17) is 0 Å². The molecule has 1 aromatic heterocycles. The van der Waals surface area contributed by atoms with Crippen LogP contribution in [0.1, 0.15) is 38.2 Å². The van der Waals surface area contributed by atoms with Crippen molar-refractivity contribution in [1.82, 2.24) is 20.1 Å². The number of pyridine rings is 1. The number of aromatic nitrogens is 1. The van der Waals surface area contributed by atoms with Crippen LogP contribution in [0.4, 0.5) is 0 Å². The summed E-state index contributed by atoms with van der Waals surface area (Å²) in [6.45, 7) is 6.84. The van der Waals surface area contributed by atoms with Gasteiger partial charge in [0, 0.05) is 50.3 Å². The Balaban J connectivity index is 1.31. The summed E-state index contributed by atoms with van der Waals surface area (Å²) in [6.07, 6.45) is 6.66. The number of hydrogen-bond acceptors (Lipinski definition) is 4. The van der Waals surface area contributed by atoms with Gasteiger partial charge in [-0.05, 0) is 31.4 Å². The number of amides is 1. The number of nitrogens with one attached hydrogen (secondary N) is 1. The number of nitrogens with zero attached hydrogens (tertiary/aromatic N) is 3. The minimum Gasteiger partial charge on any atom is -0.352 e. The maximum atomic E-state index is 12.5. The minimum atomic E-state index is -0.0352. The maximum Gasteiger partial charge on any atom is 0.237 e. The quantitative estimate of drug-likeness (QED) is 0.884. The van der Waals surface area contributed by atoms with E-state index in [1.54, 1.807) is 0 Å². The lowest BCUT2D eigenvalue weighted by molar-refractivity contribution is -0.127. The highest BCUT2D eigenvalue weighted by atomic mass is 16.2. The molecule has 2 aromatic rings. The Labute approximate surface area is 161 Å². The third kappa shape index (κ3) is 4.30. The number of rotatable bonds is 5. The molecule has 144 valence electrons. The molecule has 5 heteroatoms. The van der Waals surface area contributed by atoms with Gasteiger partial charge in [-0.3, -0.25) is 19.6 Å². The molecule has 1 atom stereocenters. The minimum absolute atomic E-state index is 0.0352. The predicted molar refractivity (Wildman–Crippen MR) is 108 cm³/mol. The first-order valence-electron chi connectivity index (χ1n) is 10.3. The van der Waals surface area contributed by atoms with Gasteiger partial charge in [0.05, 0.1) is 11.6 Å². The number of para-hydroxylation sites is 1. The van der Waals surface area contributed by atoms with Crippen LogP contribution in [0, 0.1) is 0 Å². The van der Waals surface area contributed by atoms with Crippen LogP contribution in [0.2, 0.25) is 0 Å². The lowest BCUT2D eigenvalue weighted by Gasteiger charge is -2.37. The van der Waals surface area contributed by atoms with Crippen LogP contribution >= 0.6 is 0 Å². The molecule has 1 aromatic carbocycles. The summed E-state index contributed by atoms with van der Waals surface area (Å²) < 4.78 is 0. The lowest BCUT2D eigenvalue weighted by atomic mass is 10.1. The highest BCUT2D eigenvalue weighted by molar-refractivity contribution is 5.82. The summed E-state index contributed by atoms with van der Waals surface area (Å²) in [4.78, 5) is 21.9. The molecular weight excluding hydrogens is 336 g/mol. The summed E-state index contributed by atoms with van der Waals surface area (Å²) in [5, 5.41) is 4.44. The van der Waals surface area contributed by atoms with Crippen molar-refractivity contribution in [2.75, 3.05) is 26.2 Å². The first-order chi connectivity index (χ1) is 13.2. The van der Waals surface area contributed by atoms with Crippen LogP contribution in [0.5, 0.6) is 0 Å². The first kappa shape index (κ1) is 18.4. The first-order valence-corrected chi connectivity index (χ1v) is 10.3. The molecule has 2 aliphatic rings. The van der Waals surface area contributed by atoms with E-state index in [0.717, 1.165) is 51.1 Å². The Morgan fingerprint density at radius 1 is 1.15 bits per heavy atom. The molecule has 1 unspecified atom stereocenters. The fraction of sp³-hybridized carbons (Fsp3) is 0.545. The lowest BCUT2D eigenvalue weighted by Crippen LogP contribution is -2.54. The van der Waals surface area contributed by atoms with E-state index in [-0.39, 0.29) is 11.9 Å². The van der Waals surface area contributed by atoms with Crippen LogP contribution < -0.4 is 5.32 Å². The number of hydrogen-bond donors (Lipinski definition) is 1. The monoisotopic (exact) mass is 366 g/mol. The molecule has 1 amide bonds. The van der Waals surface area contributed by atoms with E-state index in [1.165, 1.54) is 23.8 Å². The second-order valence-electron chi connectivity index (χ2n) is 7.97. The fourth-order valence-corrected chi connectivity index (χ4v) is 4.40. The molecule has 5 nitrogen and oxygen atoms in total. The third-order valence-corrected chi connectivity index (χ3v) is 6.15.